The maximum absolute atomic E-state index is 10.7. The second kappa shape index (κ2) is 20.3. The summed E-state index contributed by atoms with van der Waals surface area (Å²) in [6, 6.07) is 6.69. The first-order chi connectivity index (χ1) is 10.1. The van der Waals surface area contributed by atoms with Crippen LogP contribution in [-0.2, 0) is 56.9 Å². The van der Waals surface area contributed by atoms with Crippen molar-refractivity contribution >= 4 is 35.6 Å². The number of aryl methyl sites for hydroxylation is 1. The molecule has 0 saturated carbocycles. The van der Waals surface area contributed by atoms with Gasteiger partial charge in [-0.2, -0.15) is 0 Å². The van der Waals surface area contributed by atoms with Crippen LogP contribution in [-0.4, -0.2) is 29.8 Å². The molecule has 0 aliphatic heterocycles. The minimum absolute atomic E-state index is 0. The number of benzene rings is 1. The van der Waals surface area contributed by atoms with Gasteiger partial charge in [0.05, 0.1) is 11.5 Å². The molecule has 0 fully saturated rings. The molecule has 0 aromatic heterocycles. The van der Waals surface area contributed by atoms with Gasteiger partial charge in [-0.05, 0) is 26.0 Å². The molecule has 1 radical (unpaired) electrons. The molecule has 0 bridgehead atoms. The molecule has 1 aromatic carbocycles. The van der Waals surface area contributed by atoms with Gasteiger partial charge in [-0.25, -0.2) is 4.21 Å². The van der Waals surface area contributed by atoms with Crippen LogP contribution in [0.1, 0.15) is 12.5 Å². The van der Waals surface area contributed by atoms with E-state index < -0.39 is 11.1 Å². The molecule has 0 heterocycles. The SMILES string of the molecule is CCOC=O.Cc1ccc(S(=O)O[O-])cc1.O=COCCl.[Ag]. The molecule has 0 spiro atoms. The Morgan fingerprint density at radius 3 is 1.91 bits per heavy atom. The van der Waals surface area contributed by atoms with Gasteiger partial charge in [0.25, 0.3) is 12.9 Å². The normalized spacial score (nSPS) is 9.45. The minimum atomic E-state index is -1.85. The second-order valence-corrected chi connectivity index (χ2v) is 4.33. The van der Waals surface area contributed by atoms with Crippen LogP contribution in [0.3, 0.4) is 0 Å². The third-order valence-corrected chi connectivity index (χ3v) is 2.55. The summed E-state index contributed by atoms with van der Waals surface area (Å²) in [5, 5.41) is 9.72. The summed E-state index contributed by atoms with van der Waals surface area (Å²) >= 11 is 2.99. The molecule has 0 aliphatic rings. The van der Waals surface area contributed by atoms with Gasteiger partial charge < -0.3 is 19.1 Å². The Kier molecular flexibility index (Phi) is 24.1. The number of ether oxygens (including phenoxy) is 2. The first-order valence-corrected chi connectivity index (χ1v) is 7.13. The van der Waals surface area contributed by atoms with Crippen LogP contribution in [0.2, 0.25) is 0 Å². The standard InChI is InChI=1S/C7H8O3S.C3H6O2.C2H3ClO2.Ag/c1-6-2-4-7(5-3-6)11(9)10-8;1-2-5-3-4;3-1-5-2-4;/h2-5,8H,1H3;3H,2H2,1H3;2H,1H2;/p-1. The van der Waals surface area contributed by atoms with E-state index in [1.54, 1.807) is 31.2 Å². The zero-order valence-corrected chi connectivity index (χ0v) is 14.9. The Balaban J connectivity index is -0.000000279. The number of halogens is 1. The average molecular weight is 448 g/mol. The van der Waals surface area contributed by atoms with Crippen LogP contribution in [0.25, 0.3) is 0 Å². The van der Waals surface area contributed by atoms with E-state index in [-0.39, 0.29) is 28.4 Å². The smallest absolute Gasteiger partial charge is 0.294 e. The van der Waals surface area contributed by atoms with Crippen LogP contribution >= 0.6 is 11.6 Å². The van der Waals surface area contributed by atoms with E-state index in [9.17, 15) is 14.3 Å². The van der Waals surface area contributed by atoms with Crippen LogP contribution < -0.4 is 5.26 Å². The van der Waals surface area contributed by atoms with Gasteiger partial charge in [0.2, 0.25) is 0 Å². The summed E-state index contributed by atoms with van der Waals surface area (Å²) in [4.78, 5) is 18.7. The predicted molar refractivity (Wildman–Crippen MR) is 74.2 cm³/mol. The fourth-order valence-corrected chi connectivity index (χ4v) is 1.27. The van der Waals surface area contributed by atoms with E-state index in [2.05, 4.69) is 13.8 Å². The number of hydrogen-bond acceptors (Lipinski definition) is 7. The average Bonchev–Trinajstić information content (AvgIpc) is 2.50. The minimum Gasteiger partial charge on any atom is -0.708 e. The fraction of sp³-hybridized carbons (Fsp3) is 0.333. The largest absolute Gasteiger partial charge is 0.708 e. The van der Waals surface area contributed by atoms with E-state index in [4.69, 9.17) is 16.4 Å². The summed E-state index contributed by atoms with van der Waals surface area (Å²) in [7, 11) is 0. The number of rotatable bonds is 6. The van der Waals surface area contributed by atoms with Crippen LogP contribution in [0.5, 0.6) is 0 Å². The van der Waals surface area contributed by atoms with Crippen molar-refractivity contribution in [2.75, 3.05) is 12.7 Å². The molecule has 0 N–H and O–H groups in total. The van der Waals surface area contributed by atoms with E-state index in [1.807, 2.05) is 6.92 Å². The molecule has 0 aliphatic carbocycles. The van der Waals surface area contributed by atoms with Crippen molar-refractivity contribution in [3.8, 4) is 0 Å². The number of hydrogen-bond donors (Lipinski definition) is 0. The Labute approximate surface area is 152 Å². The van der Waals surface area contributed by atoms with Gasteiger partial charge in [-0.3, -0.25) is 9.59 Å². The third kappa shape index (κ3) is 17.3. The molecule has 131 valence electrons. The molecule has 0 saturated heterocycles. The molecule has 0 amide bonds. The molecular weight excluding hydrogens is 432 g/mol. The van der Waals surface area contributed by atoms with Crippen molar-refractivity contribution < 1.29 is 55.2 Å². The maximum atomic E-state index is 10.7. The van der Waals surface area contributed by atoms with Crippen LogP contribution in [0, 0.1) is 6.92 Å². The topological polar surface area (TPSA) is 102 Å². The van der Waals surface area contributed by atoms with Gasteiger partial charge >= 0.3 is 0 Å². The van der Waals surface area contributed by atoms with E-state index in [0.29, 0.717) is 24.4 Å². The zero-order chi connectivity index (χ0) is 16.5. The Morgan fingerprint density at radius 2 is 1.68 bits per heavy atom. The molecule has 10 heteroatoms. The molecular formula is C12H16AgClO7S-. The summed E-state index contributed by atoms with van der Waals surface area (Å²) < 4.78 is 22.2. The van der Waals surface area contributed by atoms with Crippen molar-refractivity contribution in [3.63, 3.8) is 0 Å². The van der Waals surface area contributed by atoms with Crippen molar-refractivity contribution in [2.24, 2.45) is 0 Å². The van der Waals surface area contributed by atoms with Crippen molar-refractivity contribution in [3.05, 3.63) is 29.8 Å². The molecule has 22 heavy (non-hydrogen) atoms. The zero-order valence-electron chi connectivity index (χ0n) is 11.8. The Hall–Kier alpha value is -0.740. The second-order valence-electron chi connectivity index (χ2n) is 3.04. The van der Waals surface area contributed by atoms with Crippen molar-refractivity contribution in [1.29, 1.82) is 0 Å². The van der Waals surface area contributed by atoms with Crippen molar-refractivity contribution in [2.45, 2.75) is 18.7 Å². The summed E-state index contributed by atoms with van der Waals surface area (Å²) in [5.41, 5.74) is 1.05. The van der Waals surface area contributed by atoms with E-state index in [1.165, 1.54) is 0 Å². The van der Waals surface area contributed by atoms with Gasteiger partial charge in [0.1, 0.15) is 0 Å². The van der Waals surface area contributed by atoms with Gasteiger partial charge in [-0.1, -0.05) is 29.3 Å². The first kappa shape index (κ1) is 26.2. The van der Waals surface area contributed by atoms with E-state index in [0.717, 1.165) is 5.56 Å². The summed E-state index contributed by atoms with van der Waals surface area (Å²) in [5.74, 6) is 0. The predicted octanol–water partition coefficient (Wildman–Crippen LogP) is 0.842. The van der Waals surface area contributed by atoms with Gasteiger partial charge in [0.15, 0.2) is 17.1 Å². The van der Waals surface area contributed by atoms with Crippen LogP contribution in [0.4, 0.5) is 0 Å². The van der Waals surface area contributed by atoms with E-state index >= 15 is 0 Å². The molecule has 1 unspecified atom stereocenters. The molecule has 1 aromatic rings. The third-order valence-electron chi connectivity index (χ3n) is 1.64. The number of alkyl halides is 1. The maximum Gasteiger partial charge on any atom is 0.294 e. The summed E-state index contributed by atoms with van der Waals surface area (Å²) in [6.45, 7) is 4.87. The quantitative estimate of drug-likeness (QED) is 0.209. The molecule has 1 atom stereocenters. The van der Waals surface area contributed by atoms with Crippen LogP contribution in [0.15, 0.2) is 29.2 Å². The number of carbonyl (C=O) groups is 2. The monoisotopic (exact) mass is 446 g/mol. The van der Waals surface area contributed by atoms with Gasteiger partial charge in [0, 0.05) is 22.4 Å². The Bertz CT molecular complexity index is 393. The van der Waals surface area contributed by atoms with Crippen molar-refractivity contribution in [1.82, 2.24) is 0 Å². The molecule has 7 nitrogen and oxygen atoms in total. The summed E-state index contributed by atoms with van der Waals surface area (Å²) in [6.07, 6.45) is 0. The first-order valence-electron chi connectivity index (χ1n) is 5.52. The van der Waals surface area contributed by atoms with Gasteiger partial charge in [-0.15, -0.1) is 0 Å². The fourth-order valence-electron chi connectivity index (χ4n) is 0.782. The Morgan fingerprint density at radius 1 is 1.18 bits per heavy atom. The number of carbonyl (C=O) groups excluding carboxylic acids is 2. The molecule has 1 rings (SSSR count).